The molecule has 6 heteroatoms. The number of hydrogen-bond acceptors (Lipinski definition) is 3. The highest BCUT2D eigenvalue weighted by atomic mass is 32.2. The van der Waals surface area contributed by atoms with Gasteiger partial charge in [-0.2, -0.15) is 4.31 Å². The molecule has 0 heterocycles. The molecule has 1 aromatic carbocycles. The van der Waals surface area contributed by atoms with Crippen LogP contribution in [0.3, 0.4) is 0 Å². The molecule has 1 aliphatic carbocycles. The predicted molar refractivity (Wildman–Crippen MR) is 79.7 cm³/mol. The summed E-state index contributed by atoms with van der Waals surface area (Å²) in [4.78, 5) is 11.3. The van der Waals surface area contributed by atoms with Crippen LogP contribution in [0, 0.1) is 13.8 Å². The van der Waals surface area contributed by atoms with Gasteiger partial charge in [0.25, 0.3) is 0 Å². The van der Waals surface area contributed by atoms with E-state index in [2.05, 4.69) is 0 Å². The van der Waals surface area contributed by atoms with Gasteiger partial charge in [-0.3, -0.25) is 4.79 Å². The van der Waals surface area contributed by atoms with Crippen LogP contribution in [0.25, 0.3) is 0 Å². The van der Waals surface area contributed by atoms with Gasteiger partial charge in [-0.1, -0.05) is 18.9 Å². The minimum Gasteiger partial charge on any atom is -0.480 e. The molecule has 0 atom stereocenters. The summed E-state index contributed by atoms with van der Waals surface area (Å²) in [6.45, 7) is 3.20. The minimum atomic E-state index is -3.77. The number of nitrogens with zero attached hydrogens (tertiary/aromatic N) is 1. The standard InChI is InChI=1S/C15H21NO4S/c1-11-7-12(2)9-14(8-11)21(19,20)16(10-15(17)18)13-5-3-4-6-13/h7-9,13H,3-6,10H2,1-2H3,(H,17,18). The van der Waals surface area contributed by atoms with E-state index in [1.807, 2.05) is 19.9 Å². The van der Waals surface area contributed by atoms with Crippen molar-refractivity contribution < 1.29 is 18.3 Å². The monoisotopic (exact) mass is 311 g/mol. The van der Waals surface area contributed by atoms with Crippen LogP contribution in [0.2, 0.25) is 0 Å². The van der Waals surface area contributed by atoms with Crippen LogP contribution >= 0.6 is 0 Å². The first-order valence-corrected chi connectivity index (χ1v) is 8.56. The van der Waals surface area contributed by atoms with Gasteiger partial charge in [-0.05, 0) is 49.9 Å². The Morgan fingerprint density at radius 1 is 1.19 bits per heavy atom. The Labute approximate surface area is 125 Å². The van der Waals surface area contributed by atoms with E-state index >= 15 is 0 Å². The molecule has 5 nitrogen and oxygen atoms in total. The third-order valence-corrected chi connectivity index (χ3v) is 5.70. The molecule has 0 aromatic heterocycles. The first-order valence-electron chi connectivity index (χ1n) is 7.12. The van der Waals surface area contributed by atoms with Crippen LogP contribution in [0.4, 0.5) is 0 Å². The first-order chi connectivity index (χ1) is 9.80. The van der Waals surface area contributed by atoms with E-state index in [0.29, 0.717) is 0 Å². The molecule has 0 aliphatic heterocycles. The van der Waals surface area contributed by atoms with Gasteiger partial charge < -0.3 is 5.11 Å². The molecule has 1 aliphatic rings. The molecular weight excluding hydrogens is 290 g/mol. The number of rotatable bonds is 5. The van der Waals surface area contributed by atoms with E-state index in [-0.39, 0.29) is 10.9 Å². The molecule has 0 bridgehead atoms. The molecule has 1 N–H and O–H groups in total. The second-order valence-electron chi connectivity index (χ2n) is 5.71. The number of benzene rings is 1. The van der Waals surface area contributed by atoms with Crippen LogP contribution in [-0.2, 0) is 14.8 Å². The lowest BCUT2D eigenvalue weighted by molar-refractivity contribution is -0.137. The molecule has 2 rings (SSSR count). The van der Waals surface area contributed by atoms with E-state index in [4.69, 9.17) is 5.11 Å². The molecule has 1 aromatic rings. The first kappa shape index (κ1) is 16.0. The number of carboxylic acids is 1. The molecule has 21 heavy (non-hydrogen) atoms. The fourth-order valence-electron chi connectivity index (χ4n) is 2.95. The number of hydrogen-bond donors (Lipinski definition) is 1. The summed E-state index contributed by atoms with van der Waals surface area (Å²) in [7, 11) is -3.77. The van der Waals surface area contributed by atoms with Crippen molar-refractivity contribution in [3.8, 4) is 0 Å². The van der Waals surface area contributed by atoms with E-state index in [1.54, 1.807) is 12.1 Å². The van der Waals surface area contributed by atoms with Crippen LogP contribution in [0.5, 0.6) is 0 Å². The van der Waals surface area contributed by atoms with Gasteiger partial charge >= 0.3 is 5.97 Å². The van der Waals surface area contributed by atoms with Crippen molar-refractivity contribution in [1.82, 2.24) is 4.31 Å². The van der Waals surface area contributed by atoms with E-state index in [9.17, 15) is 13.2 Å². The van der Waals surface area contributed by atoms with Gasteiger partial charge in [0.05, 0.1) is 4.90 Å². The molecule has 0 spiro atoms. The van der Waals surface area contributed by atoms with Gasteiger partial charge in [0.1, 0.15) is 6.54 Å². The number of carboxylic acid groups (broad SMARTS) is 1. The zero-order valence-corrected chi connectivity index (χ0v) is 13.2. The number of sulfonamides is 1. The SMILES string of the molecule is Cc1cc(C)cc(S(=O)(=O)N(CC(=O)O)C2CCCC2)c1. The summed E-state index contributed by atoms with van der Waals surface area (Å²) in [5.41, 5.74) is 1.71. The van der Waals surface area contributed by atoms with Gasteiger partial charge in [0.2, 0.25) is 10.0 Å². The van der Waals surface area contributed by atoms with E-state index < -0.39 is 22.5 Å². The smallest absolute Gasteiger partial charge is 0.318 e. The Bertz CT molecular complexity index is 613. The Hall–Kier alpha value is -1.40. The number of aryl methyl sites for hydroxylation is 2. The lowest BCUT2D eigenvalue weighted by Crippen LogP contribution is -2.42. The molecule has 116 valence electrons. The van der Waals surface area contributed by atoms with Crippen molar-refractivity contribution in [2.45, 2.75) is 50.5 Å². The normalized spacial score (nSPS) is 16.5. The van der Waals surface area contributed by atoms with Gasteiger partial charge in [-0.25, -0.2) is 8.42 Å². The largest absolute Gasteiger partial charge is 0.480 e. The Balaban J connectivity index is 2.42. The fraction of sp³-hybridized carbons (Fsp3) is 0.533. The summed E-state index contributed by atoms with van der Waals surface area (Å²) >= 11 is 0. The highest BCUT2D eigenvalue weighted by molar-refractivity contribution is 7.89. The number of carbonyl (C=O) groups is 1. The topological polar surface area (TPSA) is 74.7 Å². The Kier molecular flexibility index (Phi) is 4.68. The van der Waals surface area contributed by atoms with Crippen molar-refractivity contribution in [1.29, 1.82) is 0 Å². The third-order valence-electron chi connectivity index (χ3n) is 3.82. The van der Waals surface area contributed by atoms with Crippen LogP contribution in [0.15, 0.2) is 23.1 Å². The minimum absolute atomic E-state index is 0.188. The highest BCUT2D eigenvalue weighted by Crippen LogP contribution is 2.29. The summed E-state index contributed by atoms with van der Waals surface area (Å²) in [6.07, 6.45) is 3.36. The van der Waals surface area contributed by atoms with Gasteiger partial charge in [0, 0.05) is 6.04 Å². The predicted octanol–water partition coefficient (Wildman–Crippen LogP) is 2.32. The average Bonchev–Trinajstić information content (AvgIpc) is 2.87. The van der Waals surface area contributed by atoms with Gasteiger partial charge in [-0.15, -0.1) is 0 Å². The Morgan fingerprint density at radius 3 is 2.19 bits per heavy atom. The molecule has 1 saturated carbocycles. The van der Waals surface area contributed by atoms with Crippen LogP contribution in [-0.4, -0.2) is 36.4 Å². The lowest BCUT2D eigenvalue weighted by atomic mass is 10.2. The maximum atomic E-state index is 12.8. The van der Waals surface area contributed by atoms with Crippen LogP contribution < -0.4 is 0 Å². The maximum Gasteiger partial charge on any atom is 0.318 e. The van der Waals surface area contributed by atoms with E-state index in [1.165, 1.54) is 0 Å². The van der Waals surface area contributed by atoms with Crippen molar-refractivity contribution in [2.75, 3.05) is 6.54 Å². The van der Waals surface area contributed by atoms with Crippen molar-refractivity contribution >= 4 is 16.0 Å². The third kappa shape index (κ3) is 3.63. The average molecular weight is 311 g/mol. The molecule has 1 fully saturated rings. The lowest BCUT2D eigenvalue weighted by Gasteiger charge is -2.26. The summed E-state index contributed by atoms with van der Waals surface area (Å²) in [6, 6.07) is 4.90. The number of aliphatic carboxylic acids is 1. The molecule has 0 unspecified atom stereocenters. The Morgan fingerprint density at radius 2 is 1.71 bits per heavy atom. The molecule has 0 amide bonds. The van der Waals surface area contributed by atoms with E-state index in [0.717, 1.165) is 41.1 Å². The highest BCUT2D eigenvalue weighted by Gasteiger charge is 2.34. The zero-order valence-electron chi connectivity index (χ0n) is 12.4. The fourth-order valence-corrected chi connectivity index (χ4v) is 4.78. The maximum absolute atomic E-state index is 12.8. The zero-order chi connectivity index (χ0) is 15.6. The summed E-state index contributed by atoms with van der Waals surface area (Å²) in [5.74, 6) is -1.12. The van der Waals surface area contributed by atoms with Crippen molar-refractivity contribution in [3.05, 3.63) is 29.3 Å². The van der Waals surface area contributed by atoms with Crippen LogP contribution in [0.1, 0.15) is 36.8 Å². The summed E-state index contributed by atoms with van der Waals surface area (Å²) < 4.78 is 26.8. The van der Waals surface area contributed by atoms with Crippen molar-refractivity contribution in [2.24, 2.45) is 0 Å². The van der Waals surface area contributed by atoms with Crippen molar-refractivity contribution in [3.63, 3.8) is 0 Å². The molecular formula is C15H21NO4S. The second kappa shape index (κ2) is 6.15. The molecule has 0 saturated heterocycles. The molecule has 0 radical (unpaired) electrons. The quantitative estimate of drug-likeness (QED) is 0.905. The second-order valence-corrected chi connectivity index (χ2v) is 7.60. The van der Waals surface area contributed by atoms with Gasteiger partial charge in [0.15, 0.2) is 0 Å². The summed E-state index contributed by atoms with van der Waals surface area (Å²) in [5, 5.41) is 9.06.